The third-order valence-corrected chi connectivity index (χ3v) is 3.32. The van der Waals surface area contributed by atoms with E-state index in [2.05, 4.69) is 36.1 Å². The summed E-state index contributed by atoms with van der Waals surface area (Å²) < 4.78 is 0. The van der Waals surface area contributed by atoms with E-state index in [1.807, 2.05) is 0 Å². The second-order valence-corrected chi connectivity index (χ2v) is 5.58. The van der Waals surface area contributed by atoms with Gasteiger partial charge in [0.1, 0.15) is 0 Å². The van der Waals surface area contributed by atoms with Gasteiger partial charge in [0, 0.05) is 13.1 Å². The maximum absolute atomic E-state index is 5.79. The summed E-state index contributed by atoms with van der Waals surface area (Å²) in [6.07, 6.45) is 3.86. The third kappa shape index (κ3) is 8.13. The lowest BCUT2D eigenvalue weighted by atomic mass is 9.94. The maximum atomic E-state index is 5.79. The Hall–Kier alpha value is -0.0400. The Labute approximate surface area is 129 Å². The van der Waals surface area contributed by atoms with Gasteiger partial charge < -0.3 is 16.0 Å². The highest BCUT2D eigenvalue weighted by molar-refractivity contribution is 14.0. The lowest BCUT2D eigenvalue weighted by Crippen LogP contribution is -2.35. The standard InChI is InChI=1S/C13H28N4.HI/c1-11(2)10-16-13(14)15-7-4-12-5-8-17(3)9-6-12;/h11-12H,4-10H2,1-3H3,(H3,14,15,16);1H. The lowest BCUT2D eigenvalue weighted by Gasteiger charge is -2.28. The quantitative estimate of drug-likeness (QED) is 0.443. The molecule has 1 heterocycles. The zero-order valence-corrected chi connectivity index (χ0v) is 14.3. The van der Waals surface area contributed by atoms with E-state index in [4.69, 9.17) is 5.73 Å². The van der Waals surface area contributed by atoms with Gasteiger partial charge in [-0.15, -0.1) is 24.0 Å². The predicted octanol–water partition coefficient (Wildman–Crippen LogP) is 1.90. The van der Waals surface area contributed by atoms with Crippen molar-refractivity contribution in [2.75, 3.05) is 33.2 Å². The summed E-state index contributed by atoms with van der Waals surface area (Å²) in [5.41, 5.74) is 5.79. The van der Waals surface area contributed by atoms with Crippen LogP contribution in [-0.4, -0.2) is 44.1 Å². The van der Waals surface area contributed by atoms with E-state index < -0.39 is 0 Å². The highest BCUT2D eigenvalue weighted by Crippen LogP contribution is 2.18. The van der Waals surface area contributed by atoms with Crippen molar-refractivity contribution in [3.63, 3.8) is 0 Å². The van der Waals surface area contributed by atoms with Crippen LogP contribution in [0, 0.1) is 11.8 Å². The fourth-order valence-electron chi connectivity index (χ4n) is 2.09. The molecule has 3 N–H and O–H groups in total. The molecule has 1 aliphatic heterocycles. The number of rotatable bonds is 5. The van der Waals surface area contributed by atoms with Crippen molar-refractivity contribution in [2.45, 2.75) is 33.1 Å². The molecule has 0 saturated carbocycles. The van der Waals surface area contributed by atoms with E-state index in [1.54, 1.807) is 0 Å². The van der Waals surface area contributed by atoms with Gasteiger partial charge in [0.15, 0.2) is 5.96 Å². The van der Waals surface area contributed by atoms with Gasteiger partial charge in [-0.1, -0.05) is 13.8 Å². The summed E-state index contributed by atoms with van der Waals surface area (Å²) in [4.78, 5) is 6.70. The van der Waals surface area contributed by atoms with Gasteiger partial charge in [0.05, 0.1) is 0 Å². The van der Waals surface area contributed by atoms with Crippen LogP contribution in [0.4, 0.5) is 0 Å². The molecular formula is C13H29IN4. The number of nitrogens with two attached hydrogens (primary N) is 1. The van der Waals surface area contributed by atoms with Crippen LogP contribution in [0.3, 0.4) is 0 Å². The van der Waals surface area contributed by atoms with Crippen LogP contribution in [-0.2, 0) is 0 Å². The van der Waals surface area contributed by atoms with E-state index in [1.165, 1.54) is 32.4 Å². The first-order valence-electron chi connectivity index (χ1n) is 6.80. The Kier molecular flexibility index (Phi) is 9.81. The molecule has 1 aliphatic rings. The van der Waals surface area contributed by atoms with Crippen LogP contribution < -0.4 is 11.1 Å². The number of guanidine groups is 1. The molecular weight excluding hydrogens is 339 g/mol. The Morgan fingerprint density at radius 3 is 2.56 bits per heavy atom. The molecule has 0 atom stereocenters. The number of halogens is 1. The van der Waals surface area contributed by atoms with E-state index in [-0.39, 0.29) is 24.0 Å². The van der Waals surface area contributed by atoms with Gasteiger partial charge in [-0.05, 0) is 51.2 Å². The minimum atomic E-state index is 0. The summed E-state index contributed by atoms with van der Waals surface area (Å²) in [5.74, 6) is 2.03. The number of nitrogens with zero attached hydrogens (tertiary/aromatic N) is 2. The van der Waals surface area contributed by atoms with Gasteiger partial charge in [-0.25, -0.2) is 0 Å². The van der Waals surface area contributed by atoms with Crippen LogP contribution in [0.25, 0.3) is 0 Å². The van der Waals surface area contributed by atoms with Crippen molar-refractivity contribution in [2.24, 2.45) is 22.6 Å². The van der Waals surface area contributed by atoms with Crippen LogP contribution in [0.15, 0.2) is 4.99 Å². The molecule has 1 saturated heterocycles. The first-order chi connectivity index (χ1) is 8.08. The lowest BCUT2D eigenvalue weighted by molar-refractivity contribution is 0.213. The van der Waals surface area contributed by atoms with E-state index in [9.17, 15) is 0 Å². The highest BCUT2D eigenvalue weighted by atomic mass is 127. The minimum absolute atomic E-state index is 0. The predicted molar refractivity (Wildman–Crippen MR) is 89.6 cm³/mol. The number of hydrogen-bond acceptors (Lipinski definition) is 2. The molecule has 0 amide bonds. The topological polar surface area (TPSA) is 53.6 Å². The molecule has 0 radical (unpaired) electrons. The van der Waals surface area contributed by atoms with Gasteiger partial charge in [-0.2, -0.15) is 0 Å². The smallest absolute Gasteiger partial charge is 0.188 e. The molecule has 1 rings (SSSR count). The molecule has 108 valence electrons. The van der Waals surface area contributed by atoms with Gasteiger partial charge >= 0.3 is 0 Å². The molecule has 0 aromatic heterocycles. The largest absolute Gasteiger partial charge is 0.370 e. The summed E-state index contributed by atoms with van der Waals surface area (Å²) in [6, 6.07) is 0. The zero-order valence-electron chi connectivity index (χ0n) is 12.0. The molecule has 1 fully saturated rings. The van der Waals surface area contributed by atoms with E-state index in [0.29, 0.717) is 11.9 Å². The molecule has 0 aliphatic carbocycles. The normalized spacial score (nSPS) is 18.8. The molecule has 0 unspecified atom stereocenters. The SMILES string of the molecule is CC(C)CN=C(N)NCCC1CCN(C)CC1.I. The average Bonchev–Trinajstić information content (AvgIpc) is 2.29. The van der Waals surface area contributed by atoms with E-state index in [0.717, 1.165) is 19.0 Å². The van der Waals surface area contributed by atoms with Crippen LogP contribution >= 0.6 is 24.0 Å². The second kappa shape index (κ2) is 9.83. The van der Waals surface area contributed by atoms with E-state index >= 15 is 0 Å². The molecule has 18 heavy (non-hydrogen) atoms. The fourth-order valence-corrected chi connectivity index (χ4v) is 2.09. The summed E-state index contributed by atoms with van der Waals surface area (Å²) >= 11 is 0. The number of piperidine rings is 1. The van der Waals surface area contributed by atoms with Crippen LogP contribution in [0.5, 0.6) is 0 Å². The Balaban J connectivity index is 0.00000289. The molecule has 0 aromatic carbocycles. The Bertz CT molecular complexity index is 235. The highest BCUT2D eigenvalue weighted by Gasteiger charge is 2.15. The van der Waals surface area contributed by atoms with Crippen LogP contribution in [0.2, 0.25) is 0 Å². The molecule has 0 bridgehead atoms. The third-order valence-electron chi connectivity index (χ3n) is 3.32. The summed E-state index contributed by atoms with van der Waals surface area (Å²) in [5, 5.41) is 3.21. The van der Waals surface area contributed by atoms with Crippen molar-refractivity contribution < 1.29 is 0 Å². The number of hydrogen-bond donors (Lipinski definition) is 2. The van der Waals surface area contributed by atoms with Crippen molar-refractivity contribution in [3.05, 3.63) is 0 Å². The molecule has 5 heteroatoms. The number of likely N-dealkylation sites (tertiary alicyclic amines) is 1. The van der Waals surface area contributed by atoms with Crippen molar-refractivity contribution in [1.29, 1.82) is 0 Å². The maximum Gasteiger partial charge on any atom is 0.188 e. The van der Waals surface area contributed by atoms with Crippen molar-refractivity contribution in [1.82, 2.24) is 10.2 Å². The Morgan fingerprint density at radius 2 is 2.00 bits per heavy atom. The zero-order chi connectivity index (χ0) is 12.7. The fraction of sp³-hybridized carbons (Fsp3) is 0.923. The van der Waals surface area contributed by atoms with Gasteiger partial charge in [0.2, 0.25) is 0 Å². The first kappa shape index (κ1) is 18.0. The van der Waals surface area contributed by atoms with Crippen molar-refractivity contribution in [3.8, 4) is 0 Å². The average molecular weight is 368 g/mol. The molecule has 0 aromatic rings. The summed E-state index contributed by atoms with van der Waals surface area (Å²) in [7, 11) is 2.20. The Morgan fingerprint density at radius 1 is 1.39 bits per heavy atom. The number of nitrogens with one attached hydrogen (secondary N) is 1. The summed E-state index contributed by atoms with van der Waals surface area (Å²) in [6.45, 7) is 8.54. The van der Waals surface area contributed by atoms with Gasteiger partial charge in [-0.3, -0.25) is 4.99 Å². The molecule has 0 spiro atoms. The molecule has 4 nitrogen and oxygen atoms in total. The minimum Gasteiger partial charge on any atom is -0.370 e. The van der Waals surface area contributed by atoms with Crippen LogP contribution in [0.1, 0.15) is 33.1 Å². The second-order valence-electron chi connectivity index (χ2n) is 5.58. The van der Waals surface area contributed by atoms with Crippen molar-refractivity contribution >= 4 is 29.9 Å². The first-order valence-corrected chi connectivity index (χ1v) is 6.80. The number of aliphatic imine (C=N–C) groups is 1. The van der Waals surface area contributed by atoms with Gasteiger partial charge in [0.25, 0.3) is 0 Å². The monoisotopic (exact) mass is 368 g/mol.